The van der Waals surface area contributed by atoms with Crippen LogP contribution in [0, 0.1) is 23.2 Å². The predicted octanol–water partition coefficient (Wildman–Crippen LogP) is 1.16. The Morgan fingerprint density at radius 2 is 2.31 bits per heavy atom. The summed E-state index contributed by atoms with van der Waals surface area (Å²) in [5.41, 5.74) is 0. The zero-order chi connectivity index (χ0) is 9.68. The molecule has 1 fully saturated rings. The van der Waals surface area contributed by atoms with Crippen molar-refractivity contribution in [2.24, 2.45) is 11.8 Å². The van der Waals surface area contributed by atoms with Crippen LogP contribution in [0.2, 0.25) is 0 Å². The predicted molar refractivity (Wildman–Crippen MR) is 51.2 cm³/mol. The summed E-state index contributed by atoms with van der Waals surface area (Å²) < 4.78 is 5.02. The van der Waals surface area contributed by atoms with Gasteiger partial charge in [0.2, 0.25) is 0 Å². The summed E-state index contributed by atoms with van der Waals surface area (Å²) >= 11 is 0. The molecule has 0 saturated heterocycles. The van der Waals surface area contributed by atoms with Gasteiger partial charge in [0.05, 0.1) is 12.7 Å². The van der Waals surface area contributed by atoms with Gasteiger partial charge in [0, 0.05) is 13.0 Å². The van der Waals surface area contributed by atoms with Gasteiger partial charge in [-0.1, -0.05) is 6.92 Å². The van der Waals surface area contributed by atoms with Gasteiger partial charge in [0.15, 0.2) is 0 Å². The average Bonchev–Trinajstić information content (AvgIpc) is 2.89. The summed E-state index contributed by atoms with van der Waals surface area (Å²) in [4.78, 5) is 0. The number of nitrogens with one attached hydrogen (secondary N) is 1. The summed E-state index contributed by atoms with van der Waals surface area (Å²) in [7, 11) is 1.67. The van der Waals surface area contributed by atoms with E-state index in [0.29, 0.717) is 6.61 Å². The van der Waals surface area contributed by atoms with E-state index in [0.717, 1.165) is 12.5 Å². The van der Waals surface area contributed by atoms with Gasteiger partial charge in [0.25, 0.3) is 0 Å². The summed E-state index contributed by atoms with van der Waals surface area (Å²) in [5, 5.41) is 12.2. The fourth-order valence-electron chi connectivity index (χ4n) is 1.35. The van der Waals surface area contributed by atoms with Crippen LogP contribution < -0.4 is 5.32 Å². The molecule has 1 saturated carbocycles. The molecule has 1 rings (SSSR count). The normalized spacial score (nSPS) is 20.7. The lowest BCUT2D eigenvalue weighted by molar-refractivity contribution is 0.148. The molecule has 1 N–H and O–H groups in total. The summed E-state index contributed by atoms with van der Waals surface area (Å²) in [6, 6.07) is 2.22. The number of rotatable bonds is 6. The van der Waals surface area contributed by atoms with E-state index in [1.165, 1.54) is 12.8 Å². The number of nitriles is 1. The van der Waals surface area contributed by atoms with E-state index in [1.54, 1.807) is 7.11 Å². The van der Waals surface area contributed by atoms with E-state index in [-0.39, 0.29) is 12.0 Å². The smallest absolute Gasteiger partial charge is 0.100 e. The fraction of sp³-hybridized carbons (Fsp3) is 0.900. The third kappa shape index (κ3) is 3.75. The molecule has 0 aliphatic heterocycles. The largest absolute Gasteiger partial charge is 0.384 e. The first-order valence-electron chi connectivity index (χ1n) is 4.90. The monoisotopic (exact) mass is 182 g/mol. The molecule has 0 spiro atoms. The second-order valence-corrected chi connectivity index (χ2v) is 3.89. The van der Waals surface area contributed by atoms with Crippen LogP contribution in [-0.2, 0) is 4.74 Å². The number of hydrogen-bond acceptors (Lipinski definition) is 3. The number of methoxy groups -OCH3 is 1. The number of nitrogens with zero attached hydrogens (tertiary/aromatic N) is 1. The summed E-state index contributed by atoms with van der Waals surface area (Å²) in [6.07, 6.45) is 2.65. The van der Waals surface area contributed by atoms with E-state index in [2.05, 4.69) is 11.4 Å². The Morgan fingerprint density at radius 1 is 1.62 bits per heavy atom. The second kappa shape index (κ2) is 5.21. The topological polar surface area (TPSA) is 45.0 Å². The van der Waals surface area contributed by atoms with Crippen molar-refractivity contribution in [1.29, 1.82) is 5.26 Å². The first kappa shape index (κ1) is 10.5. The minimum Gasteiger partial charge on any atom is -0.384 e. The Labute approximate surface area is 80.1 Å². The third-order valence-electron chi connectivity index (χ3n) is 2.46. The molecule has 0 heterocycles. The standard InChI is InChI=1S/C10H18N2O/c1-8(7-13-2)10(5-11)12-6-9-3-4-9/h8-10,12H,3-4,6-7H2,1-2H3. The number of hydrogen-bond donors (Lipinski definition) is 1. The molecule has 13 heavy (non-hydrogen) atoms. The van der Waals surface area contributed by atoms with Crippen LogP contribution in [0.25, 0.3) is 0 Å². The van der Waals surface area contributed by atoms with Crippen LogP contribution in [0.3, 0.4) is 0 Å². The molecular formula is C10H18N2O. The highest BCUT2D eigenvalue weighted by molar-refractivity contribution is 4.94. The van der Waals surface area contributed by atoms with Crippen molar-refractivity contribution in [2.75, 3.05) is 20.3 Å². The molecule has 0 aromatic carbocycles. The molecule has 0 aromatic rings. The van der Waals surface area contributed by atoms with Crippen molar-refractivity contribution >= 4 is 0 Å². The van der Waals surface area contributed by atoms with Crippen molar-refractivity contribution in [2.45, 2.75) is 25.8 Å². The Hall–Kier alpha value is -0.590. The molecule has 1 aliphatic rings. The van der Waals surface area contributed by atoms with Crippen LogP contribution in [-0.4, -0.2) is 26.3 Å². The van der Waals surface area contributed by atoms with Crippen molar-refractivity contribution in [3.63, 3.8) is 0 Å². The zero-order valence-electron chi connectivity index (χ0n) is 8.42. The van der Waals surface area contributed by atoms with Crippen LogP contribution in [0.1, 0.15) is 19.8 Å². The van der Waals surface area contributed by atoms with Crippen LogP contribution in [0.5, 0.6) is 0 Å². The summed E-state index contributed by atoms with van der Waals surface area (Å²) in [6.45, 7) is 3.68. The van der Waals surface area contributed by atoms with Gasteiger partial charge in [-0.2, -0.15) is 5.26 Å². The van der Waals surface area contributed by atoms with Crippen LogP contribution in [0.15, 0.2) is 0 Å². The Morgan fingerprint density at radius 3 is 2.77 bits per heavy atom. The maximum Gasteiger partial charge on any atom is 0.100 e. The first-order valence-corrected chi connectivity index (χ1v) is 4.90. The highest BCUT2D eigenvalue weighted by atomic mass is 16.5. The van der Waals surface area contributed by atoms with Gasteiger partial charge < -0.3 is 10.1 Å². The van der Waals surface area contributed by atoms with Crippen LogP contribution >= 0.6 is 0 Å². The molecule has 1 aliphatic carbocycles. The molecule has 0 bridgehead atoms. The molecule has 0 aromatic heterocycles. The van der Waals surface area contributed by atoms with Gasteiger partial charge in [-0.15, -0.1) is 0 Å². The Balaban J connectivity index is 2.19. The zero-order valence-corrected chi connectivity index (χ0v) is 8.42. The van der Waals surface area contributed by atoms with E-state index < -0.39 is 0 Å². The molecule has 3 nitrogen and oxygen atoms in total. The van der Waals surface area contributed by atoms with Crippen molar-refractivity contribution in [3.8, 4) is 6.07 Å². The summed E-state index contributed by atoms with van der Waals surface area (Å²) in [5.74, 6) is 1.10. The van der Waals surface area contributed by atoms with Crippen LogP contribution in [0.4, 0.5) is 0 Å². The van der Waals surface area contributed by atoms with Crippen molar-refractivity contribution in [1.82, 2.24) is 5.32 Å². The molecule has 0 amide bonds. The van der Waals surface area contributed by atoms with E-state index in [1.807, 2.05) is 6.92 Å². The van der Waals surface area contributed by atoms with Gasteiger partial charge in [-0.05, 0) is 25.3 Å². The lowest BCUT2D eigenvalue weighted by Crippen LogP contribution is -2.36. The molecule has 74 valence electrons. The first-order chi connectivity index (χ1) is 6.27. The fourth-order valence-corrected chi connectivity index (χ4v) is 1.35. The molecule has 2 atom stereocenters. The minimum atomic E-state index is -0.0550. The lowest BCUT2D eigenvalue weighted by Gasteiger charge is -2.17. The van der Waals surface area contributed by atoms with E-state index in [4.69, 9.17) is 10.00 Å². The lowest BCUT2D eigenvalue weighted by atomic mass is 10.0. The molecule has 2 unspecified atom stereocenters. The van der Waals surface area contributed by atoms with Crippen molar-refractivity contribution < 1.29 is 4.74 Å². The van der Waals surface area contributed by atoms with E-state index in [9.17, 15) is 0 Å². The highest BCUT2D eigenvalue weighted by Crippen LogP contribution is 2.27. The SMILES string of the molecule is COCC(C)C(C#N)NCC1CC1. The second-order valence-electron chi connectivity index (χ2n) is 3.89. The van der Waals surface area contributed by atoms with E-state index >= 15 is 0 Å². The van der Waals surface area contributed by atoms with Gasteiger partial charge >= 0.3 is 0 Å². The molecule has 3 heteroatoms. The van der Waals surface area contributed by atoms with Crippen molar-refractivity contribution in [3.05, 3.63) is 0 Å². The Bertz CT molecular complexity index is 184. The molecular weight excluding hydrogens is 164 g/mol. The van der Waals surface area contributed by atoms with Gasteiger partial charge in [-0.25, -0.2) is 0 Å². The average molecular weight is 182 g/mol. The third-order valence-corrected chi connectivity index (χ3v) is 2.46. The minimum absolute atomic E-state index is 0.0550. The van der Waals surface area contributed by atoms with Gasteiger partial charge in [-0.3, -0.25) is 0 Å². The maximum atomic E-state index is 8.89. The highest BCUT2D eigenvalue weighted by Gasteiger charge is 2.23. The molecule has 0 radical (unpaired) electrons. The maximum absolute atomic E-state index is 8.89. The number of ether oxygens (including phenoxy) is 1. The Kier molecular flexibility index (Phi) is 4.20. The van der Waals surface area contributed by atoms with Gasteiger partial charge in [0.1, 0.15) is 6.04 Å². The quantitative estimate of drug-likeness (QED) is 0.670.